The van der Waals surface area contributed by atoms with Crippen molar-refractivity contribution in [1.82, 2.24) is 5.32 Å². The minimum Gasteiger partial charge on any atom is -0.459 e. The average Bonchev–Trinajstić information content (AvgIpc) is 3.06. The van der Waals surface area contributed by atoms with Gasteiger partial charge in [-0.25, -0.2) is 9.18 Å². The number of amides is 1. The van der Waals surface area contributed by atoms with Crippen LogP contribution in [0, 0.1) is 12.7 Å². The fraction of sp³-hybridized carbons (Fsp3) is 0.333. The summed E-state index contributed by atoms with van der Waals surface area (Å²) in [6.07, 6.45) is 0. The van der Waals surface area contributed by atoms with Crippen molar-refractivity contribution in [3.8, 4) is 0 Å². The Morgan fingerprint density at radius 3 is 2.57 bits per heavy atom. The molecule has 3 N–H and O–H groups in total. The molecule has 1 amide bonds. The number of nitrogens with one attached hydrogen (secondary N) is 1. The van der Waals surface area contributed by atoms with Gasteiger partial charge in [-0.2, -0.15) is 0 Å². The van der Waals surface area contributed by atoms with Gasteiger partial charge in [0.2, 0.25) is 0 Å². The van der Waals surface area contributed by atoms with Gasteiger partial charge < -0.3 is 24.8 Å². The smallest absolute Gasteiger partial charge is 0.459 e. The number of fused-ring (bicyclic) bond motifs is 1. The highest BCUT2D eigenvalue weighted by Gasteiger charge is 2.37. The summed E-state index contributed by atoms with van der Waals surface area (Å²) >= 11 is 0. The van der Waals surface area contributed by atoms with Crippen molar-refractivity contribution in [3.63, 3.8) is 0 Å². The summed E-state index contributed by atoms with van der Waals surface area (Å²) in [6, 6.07) is 7.35. The summed E-state index contributed by atoms with van der Waals surface area (Å²) in [5.41, 5.74) is 1.05. The third-order valence-electron chi connectivity index (χ3n) is 5.01. The second-order valence-corrected chi connectivity index (χ2v) is 7.77. The van der Waals surface area contributed by atoms with Crippen LogP contribution in [0.25, 0.3) is 0 Å². The van der Waals surface area contributed by atoms with E-state index in [1.54, 1.807) is 19.1 Å². The zero-order valence-corrected chi connectivity index (χ0v) is 16.9. The molecule has 1 heterocycles. The number of esters is 1. The molecule has 0 unspecified atom stereocenters. The number of hydrogen-bond acceptors (Lipinski definition) is 6. The van der Waals surface area contributed by atoms with Gasteiger partial charge in [0.25, 0.3) is 5.91 Å². The van der Waals surface area contributed by atoms with Crippen LogP contribution in [0.15, 0.2) is 36.4 Å². The van der Waals surface area contributed by atoms with Crippen LogP contribution in [-0.4, -0.2) is 40.8 Å². The summed E-state index contributed by atoms with van der Waals surface area (Å²) in [6.45, 7) is 4.55. The van der Waals surface area contributed by atoms with Crippen molar-refractivity contribution in [3.05, 3.63) is 64.5 Å². The lowest BCUT2D eigenvalue weighted by atomic mass is 9.75. The van der Waals surface area contributed by atoms with Crippen molar-refractivity contribution < 1.29 is 33.5 Å². The Labute approximate surface area is 174 Å². The van der Waals surface area contributed by atoms with Crippen LogP contribution >= 0.6 is 0 Å². The molecule has 1 atom stereocenters. The zero-order valence-electron chi connectivity index (χ0n) is 16.9. The molecular formula is C21H23BFNO6. The minimum atomic E-state index is -1.61. The Kier molecular flexibility index (Phi) is 6.26. The molecule has 0 bridgehead atoms. The molecule has 9 heteroatoms. The van der Waals surface area contributed by atoms with E-state index in [9.17, 15) is 24.1 Å². The molecule has 2 aromatic carbocycles. The number of hydrogen-bond donors (Lipinski definition) is 3. The van der Waals surface area contributed by atoms with E-state index in [0.717, 1.165) is 5.56 Å². The molecule has 0 aromatic heterocycles. The van der Waals surface area contributed by atoms with Gasteiger partial charge in [0.1, 0.15) is 12.4 Å². The van der Waals surface area contributed by atoms with Gasteiger partial charge in [-0.15, -0.1) is 0 Å². The van der Waals surface area contributed by atoms with Crippen molar-refractivity contribution in [2.24, 2.45) is 0 Å². The Morgan fingerprint density at radius 1 is 1.27 bits per heavy atom. The van der Waals surface area contributed by atoms with Gasteiger partial charge in [0.15, 0.2) is 6.04 Å². The summed E-state index contributed by atoms with van der Waals surface area (Å²) in [7, 11) is -1.11. The van der Waals surface area contributed by atoms with Crippen LogP contribution in [0.3, 0.4) is 0 Å². The van der Waals surface area contributed by atoms with E-state index >= 15 is 0 Å². The molecule has 2 aromatic rings. The van der Waals surface area contributed by atoms with E-state index < -0.39 is 36.5 Å². The Balaban J connectivity index is 1.75. The molecule has 1 aliphatic rings. The molecule has 3 rings (SSSR count). The Bertz CT molecular complexity index is 957. The number of aliphatic hydroxyl groups is 1. The van der Waals surface area contributed by atoms with Crippen LogP contribution in [0.4, 0.5) is 4.39 Å². The summed E-state index contributed by atoms with van der Waals surface area (Å²) in [5, 5.41) is 22.9. The molecule has 30 heavy (non-hydrogen) atoms. The first-order valence-corrected chi connectivity index (χ1v) is 9.44. The average molecular weight is 415 g/mol. The predicted octanol–water partition coefficient (Wildman–Crippen LogP) is 0.965. The van der Waals surface area contributed by atoms with Gasteiger partial charge in [0, 0.05) is 5.56 Å². The normalized spacial score (nSPS) is 14.3. The second kappa shape index (κ2) is 8.55. The molecule has 0 aliphatic carbocycles. The van der Waals surface area contributed by atoms with E-state index in [-0.39, 0.29) is 18.8 Å². The highest BCUT2D eigenvalue weighted by Crippen LogP contribution is 2.18. The van der Waals surface area contributed by atoms with E-state index in [4.69, 9.17) is 9.39 Å². The lowest BCUT2D eigenvalue weighted by molar-refractivity contribution is -0.153. The molecular weight excluding hydrogens is 392 g/mol. The van der Waals surface area contributed by atoms with E-state index in [2.05, 4.69) is 5.32 Å². The SMILES string of the molecule is Cc1c(C(=O)N[C@H](C(=O)OCc2ccc(F)cc2)C(C)(C)O)ccc2c1B(O)OC2. The molecule has 1 aliphatic heterocycles. The zero-order chi connectivity index (χ0) is 22.1. The van der Waals surface area contributed by atoms with Gasteiger partial charge in [-0.3, -0.25) is 4.79 Å². The predicted molar refractivity (Wildman–Crippen MR) is 107 cm³/mol. The highest BCUT2D eigenvalue weighted by molar-refractivity contribution is 6.62. The number of ether oxygens (including phenoxy) is 1. The summed E-state index contributed by atoms with van der Waals surface area (Å²) < 4.78 is 23.4. The molecule has 0 radical (unpaired) electrons. The lowest BCUT2D eigenvalue weighted by Crippen LogP contribution is -2.55. The van der Waals surface area contributed by atoms with E-state index in [0.29, 0.717) is 16.6 Å². The van der Waals surface area contributed by atoms with E-state index in [1.165, 1.54) is 38.1 Å². The first kappa shape index (κ1) is 22.0. The lowest BCUT2D eigenvalue weighted by Gasteiger charge is -2.28. The maximum Gasteiger partial charge on any atom is 0.492 e. The number of carbonyl (C=O) groups excluding carboxylic acids is 2. The van der Waals surface area contributed by atoms with Crippen LogP contribution in [0.5, 0.6) is 0 Å². The second-order valence-electron chi connectivity index (χ2n) is 7.77. The van der Waals surface area contributed by atoms with Crippen LogP contribution in [-0.2, 0) is 27.4 Å². The van der Waals surface area contributed by atoms with Crippen molar-refractivity contribution in [1.29, 1.82) is 0 Å². The fourth-order valence-electron chi connectivity index (χ4n) is 3.30. The van der Waals surface area contributed by atoms with E-state index in [1.807, 2.05) is 0 Å². The highest BCUT2D eigenvalue weighted by atomic mass is 19.1. The van der Waals surface area contributed by atoms with Gasteiger partial charge >= 0.3 is 13.1 Å². The van der Waals surface area contributed by atoms with Gasteiger partial charge in [-0.05, 0) is 61.1 Å². The molecule has 158 valence electrons. The standard InChI is InChI=1S/C21H23BFNO6/c1-12-16(9-6-14-11-30-22(28)17(12)14)19(25)24-18(21(2,3)27)20(26)29-10-13-4-7-15(23)8-5-13/h4-9,18,27-28H,10-11H2,1-3H3,(H,24,25)/t18-/m1/s1. The number of carbonyl (C=O) groups is 2. The maximum absolute atomic E-state index is 13.0. The number of halogens is 1. The third kappa shape index (κ3) is 4.69. The van der Waals surface area contributed by atoms with Crippen LogP contribution < -0.4 is 10.8 Å². The molecule has 0 fully saturated rings. The molecule has 0 saturated heterocycles. The molecule has 0 saturated carbocycles. The monoisotopic (exact) mass is 415 g/mol. The molecule has 7 nitrogen and oxygen atoms in total. The maximum atomic E-state index is 13.0. The fourth-order valence-corrected chi connectivity index (χ4v) is 3.30. The quantitative estimate of drug-likeness (QED) is 0.480. The third-order valence-corrected chi connectivity index (χ3v) is 5.01. The number of benzene rings is 2. The minimum absolute atomic E-state index is 0.136. The van der Waals surface area contributed by atoms with Crippen molar-refractivity contribution in [2.45, 2.75) is 45.6 Å². The topological polar surface area (TPSA) is 105 Å². The van der Waals surface area contributed by atoms with Crippen molar-refractivity contribution in [2.75, 3.05) is 0 Å². The van der Waals surface area contributed by atoms with Crippen molar-refractivity contribution >= 4 is 24.5 Å². The molecule has 0 spiro atoms. The summed E-state index contributed by atoms with van der Waals surface area (Å²) in [4.78, 5) is 25.4. The Morgan fingerprint density at radius 2 is 1.93 bits per heavy atom. The van der Waals surface area contributed by atoms with Crippen LogP contribution in [0.2, 0.25) is 0 Å². The van der Waals surface area contributed by atoms with Gasteiger partial charge in [-0.1, -0.05) is 18.2 Å². The van der Waals surface area contributed by atoms with Crippen LogP contribution in [0.1, 0.15) is 40.9 Å². The largest absolute Gasteiger partial charge is 0.492 e. The Hall–Kier alpha value is -2.75. The first-order chi connectivity index (χ1) is 14.1. The van der Waals surface area contributed by atoms with Gasteiger partial charge in [0.05, 0.1) is 12.2 Å². The summed E-state index contributed by atoms with van der Waals surface area (Å²) in [5.74, 6) is -1.84. The first-order valence-electron chi connectivity index (χ1n) is 9.44. The number of rotatable bonds is 6.